The normalized spacial score (nSPS) is 14.6. The summed E-state index contributed by atoms with van der Waals surface area (Å²) in [6.45, 7) is 4.86. The first-order valence-corrected chi connectivity index (χ1v) is 9.42. The molecular weight excluding hydrogens is 375 g/mol. The number of fused-ring (bicyclic) bond motifs is 2. The third-order valence-electron chi connectivity index (χ3n) is 4.92. The van der Waals surface area contributed by atoms with Crippen LogP contribution in [0, 0.1) is 5.82 Å². The number of carbonyl (C=O) groups excluding carboxylic acids is 1. The molecule has 29 heavy (non-hydrogen) atoms. The number of nitrogens with zero attached hydrogens (tertiary/aromatic N) is 4. The van der Waals surface area contributed by atoms with Gasteiger partial charge in [0.05, 0.1) is 36.5 Å². The Kier molecular flexibility index (Phi) is 4.06. The van der Waals surface area contributed by atoms with E-state index in [1.807, 2.05) is 13.8 Å². The number of aromatic nitrogens is 5. The fraction of sp³-hybridized carbons (Fsp3) is 0.300. The van der Waals surface area contributed by atoms with Gasteiger partial charge in [-0.2, -0.15) is 5.10 Å². The van der Waals surface area contributed by atoms with Crippen molar-refractivity contribution < 1.29 is 13.9 Å². The zero-order chi connectivity index (χ0) is 20.1. The van der Waals surface area contributed by atoms with Crippen LogP contribution in [0.1, 0.15) is 30.2 Å². The summed E-state index contributed by atoms with van der Waals surface area (Å²) in [6.07, 6.45) is 3.21. The lowest BCUT2D eigenvalue weighted by Gasteiger charge is -2.26. The van der Waals surface area contributed by atoms with Crippen molar-refractivity contribution in [2.24, 2.45) is 0 Å². The van der Waals surface area contributed by atoms with Crippen molar-refractivity contribution in [3.8, 4) is 11.4 Å². The highest BCUT2D eigenvalue weighted by atomic mass is 19.1. The quantitative estimate of drug-likeness (QED) is 0.555. The molecule has 0 saturated carbocycles. The first kappa shape index (κ1) is 17.7. The Bertz CT molecular complexity index is 1240. The summed E-state index contributed by atoms with van der Waals surface area (Å²) in [6, 6.07) is 4.62. The van der Waals surface area contributed by atoms with E-state index in [4.69, 9.17) is 9.84 Å². The second-order valence-corrected chi connectivity index (χ2v) is 7.43. The lowest BCUT2D eigenvalue weighted by molar-refractivity contribution is -0.0265. The molecule has 5 rings (SSSR count). The molecule has 1 amide bonds. The van der Waals surface area contributed by atoms with Crippen molar-refractivity contribution >= 4 is 28.0 Å². The van der Waals surface area contributed by atoms with E-state index >= 15 is 0 Å². The second-order valence-electron chi connectivity index (χ2n) is 7.43. The molecule has 0 aliphatic carbocycles. The molecule has 1 aliphatic heterocycles. The van der Waals surface area contributed by atoms with E-state index in [0.717, 1.165) is 5.39 Å². The van der Waals surface area contributed by atoms with Gasteiger partial charge in [-0.25, -0.2) is 14.4 Å². The summed E-state index contributed by atoms with van der Waals surface area (Å²) < 4.78 is 20.9. The standard InChI is InChI=1S/C20H19FN6O2/c1-10(2)24-20(28)14-6-22-19-18(14)25-15(7-23-19)17-13-4-3-11(21)5-16(13)27(26-17)12-8-29-9-12/h3-7,10,12H,8-9H2,1-2H3,(H,22,23)(H,24,28). The highest BCUT2D eigenvalue weighted by Crippen LogP contribution is 2.32. The SMILES string of the molecule is CC(C)NC(=O)c1c[nH]c2ncc(-c3nn(C4COC4)c4cc(F)ccc34)nc12. The first-order valence-electron chi connectivity index (χ1n) is 9.42. The van der Waals surface area contributed by atoms with Crippen LogP contribution in [0.5, 0.6) is 0 Å². The monoisotopic (exact) mass is 394 g/mol. The Morgan fingerprint density at radius 2 is 2.21 bits per heavy atom. The molecule has 148 valence electrons. The Labute approximate surface area is 165 Å². The van der Waals surface area contributed by atoms with Crippen molar-refractivity contribution in [3.05, 3.63) is 42.0 Å². The minimum atomic E-state index is -0.328. The van der Waals surface area contributed by atoms with Crippen LogP contribution in [0.3, 0.4) is 0 Å². The topological polar surface area (TPSA) is 97.7 Å². The number of amides is 1. The van der Waals surface area contributed by atoms with Gasteiger partial charge in [-0.3, -0.25) is 9.48 Å². The van der Waals surface area contributed by atoms with Gasteiger partial charge in [-0.1, -0.05) is 0 Å². The fourth-order valence-electron chi connectivity index (χ4n) is 3.46. The van der Waals surface area contributed by atoms with Crippen molar-refractivity contribution in [2.75, 3.05) is 13.2 Å². The zero-order valence-corrected chi connectivity index (χ0v) is 15.9. The molecule has 1 aliphatic rings. The van der Waals surface area contributed by atoms with E-state index in [0.29, 0.717) is 46.8 Å². The highest BCUT2D eigenvalue weighted by Gasteiger charge is 2.26. The summed E-state index contributed by atoms with van der Waals surface area (Å²) in [5.74, 6) is -0.549. The van der Waals surface area contributed by atoms with Crippen molar-refractivity contribution in [1.82, 2.24) is 30.0 Å². The number of rotatable bonds is 4. The average Bonchev–Trinajstić information content (AvgIpc) is 3.21. The Morgan fingerprint density at radius 3 is 2.93 bits per heavy atom. The number of benzene rings is 1. The van der Waals surface area contributed by atoms with Gasteiger partial charge in [0.15, 0.2) is 5.65 Å². The number of carbonyl (C=O) groups is 1. The van der Waals surface area contributed by atoms with Crippen LogP contribution in [0.15, 0.2) is 30.6 Å². The fourth-order valence-corrected chi connectivity index (χ4v) is 3.46. The number of H-pyrrole nitrogens is 1. The number of hydrogen-bond acceptors (Lipinski definition) is 5. The Balaban J connectivity index is 1.66. The smallest absolute Gasteiger partial charge is 0.255 e. The van der Waals surface area contributed by atoms with Crippen LogP contribution < -0.4 is 5.32 Å². The summed E-state index contributed by atoms with van der Waals surface area (Å²) in [5.41, 5.74) is 3.21. The third kappa shape index (κ3) is 2.94. The average molecular weight is 394 g/mol. The van der Waals surface area contributed by atoms with E-state index < -0.39 is 0 Å². The van der Waals surface area contributed by atoms with Crippen LogP contribution >= 0.6 is 0 Å². The van der Waals surface area contributed by atoms with Crippen LogP contribution in [-0.2, 0) is 4.74 Å². The molecule has 0 unspecified atom stereocenters. The van der Waals surface area contributed by atoms with E-state index in [1.165, 1.54) is 12.1 Å². The van der Waals surface area contributed by atoms with Crippen molar-refractivity contribution in [3.63, 3.8) is 0 Å². The van der Waals surface area contributed by atoms with E-state index in [9.17, 15) is 9.18 Å². The maximum absolute atomic E-state index is 13.9. The summed E-state index contributed by atoms with van der Waals surface area (Å²) >= 11 is 0. The predicted molar refractivity (Wildman–Crippen MR) is 105 cm³/mol. The minimum Gasteiger partial charge on any atom is -0.377 e. The van der Waals surface area contributed by atoms with Gasteiger partial charge in [0.2, 0.25) is 0 Å². The van der Waals surface area contributed by atoms with Crippen molar-refractivity contribution in [1.29, 1.82) is 0 Å². The first-order chi connectivity index (χ1) is 14.0. The summed E-state index contributed by atoms with van der Waals surface area (Å²) in [5, 5.41) is 8.33. The predicted octanol–water partition coefficient (Wildman–Crippen LogP) is 2.82. The Hall–Kier alpha value is -3.33. The van der Waals surface area contributed by atoms with Gasteiger partial charge < -0.3 is 15.0 Å². The summed E-state index contributed by atoms with van der Waals surface area (Å²) in [4.78, 5) is 24.5. The van der Waals surface area contributed by atoms with E-state index in [2.05, 4.69) is 20.3 Å². The molecule has 9 heteroatoms. The number of hydrogen-bond donors (Lipinski definition) is 2. The third-order valence-corrected chi connectivity index (χ3v) is 4.92. The molecular formula is C20H19FN6O2. The van der Waals surface area contributed by atoms with Gasteiger partial charge in [0.25, 0.3) is 5.91 Å². The maximum Gasteiger partial charge on any atom is 0.255 e. The van der Waals surface area contributed by atoms with Crippen LogP contribution in [0.2, 0.25) is 0 Å². The molecule has 4 aromatic rings. The van der Waals surface area contributed by atoms with Crippen molar-refractivity contribution in [2.45, 2.75) is 25.9 Å². The molecule has 2 N–H and O–H groups in total. The van der Waals surface area contributed by atoms with Gasteiger partial charge in [0, 0.05) is 17.6 Å². The number of ether oxygens (including phenoxy) is 1. The summed E-state index contributed by atoms with van der Waals surface area (Å²) in [7, 11) is 0. The molecule has 0 radical (unpaired) electrons. The van der Waals surface area contributed by atoms with Crippen LogP contribution in [0.25, 0.3) is 33.5 Å². The van der Waals surface area contributed by atoms with Gasteiger partial charge >= 0.3 is 0 Å². The second kappa shape index (κ2) is 6.63. The maximum atomic E-state index is 13.9. The molecule has 1 fully saturated rings. The lowest BCUT2D eigenvalue weighted by atomic mass is 10.1. The zero-order valence-electron chi connectivity index (χ0n) is 15.9. The molecule has 0 atom stereocenters. The number of nitrogens with one attached hydrogen (secondary N) is 2. The largest absolute Gasteiger partial charge is 0.377 e. The van der Waals surface area contributed by atoms with Gasteiger partial charge in [-0.15, -0.1) is 0 Å². The molecule has 1 aromatic carbocycles. The number of aromatic amines is 1. The molecule has 1 saturated heterocycles. The molecule has 8 nitrogen and oxygen atoms in total. The van der Waals surface area contributed by atoms with Gasteiger partial charge in [-0.05, 0) is 32.0 Å². The molecule has 4 heterocycles. The molecule has 0 bridgehead atoms. The van der Waals surface area contributed by atoms with E-state index in [1.54, 1.807) is 23.1 Å². The van der Waals surface area contributed by atoms with Crippen LogP contribution in [-0.4, -0.2) is 49.9 Å². The van der Waals surface area contributed by atoms with E-state index in [-0.39, 0.29) is 23.8 Å². The lowest BCUT2D eigenvalue weighted by Crippen LogP contribution is -2.31. The molecule has 0 spiro atoms. The minimum absolute atomic E-state index is 0.00262. The number of halogens is 1. The van der Waals surface area contributed by atoms with Gasteiger partial charge in [0.1, 0.15) is 22.7 Å². The Morgan fingerprint density at radius 1 is 1.38 bits per heavy atom. The highest BCUT2D eigenvalue weighted by molar-refractivity contribution is 6.05. The molecule has 3 aromatic heterocycles. The van der Waals surface area contributed by atoms with Crippen LogP contribution in [0.4, 0.5) is 4.39 Å².